The van der Waals surface area contributed by atoms with E-state index in [0.717, 1.165) is 31.3 Å². The minimum absolute atomic E-state index is 0.0212. The zero-order valence-electron chi connectivity index (χ0n) is 22.7. The Morgan fingerprint density at radius 3 is 2.32 bits per heavy atom. The molecule has 3 saturated carbocycles. The highest BCUT2D eigenvalue weighted by Crippen LogP contribution is 2.72. The Kier molecular flexibility index (Phi) is 6.87. The van der Waals surface area contributed by atoms with Crippen LogP contribution in [0, 0.1) is 39.4 Å². The first-order valence-electron chi connectivity index (χ1n) is 13.0. The number of fused-ring (bicyclic) bond motifs is 3. The second kappa shape index (κ2) is 8.71. The normalized spacial score (nSPS) is 36.4. The van der Waals surface area contributed by atoms with E-state index >= 15 is 0 Å². The smallest absolute Gasteiger partial charge is 0.411 e. The van der Waals surface area contributed by atoms with E-state index < -0.39 is 23.1 Å². The van der Waals surface area contributed by atoms with E-state index in [1.807, 2.05) is 26.8 Å². The molecule has 3 rings (SSSR count). The Hall–Kier alpha value is -1.78. The van der Waals surface area contributed by atoms with Gasteiger partial charge in [0.05, 0.1) is 5.41 Å². The maximum absolute atomic E-state index is 12.7. The molecule has 5 nitrogen and oxygen atoms in total. The third kappa shape index (κ3) is 4.33. The molecule has 1 amide bonds. The summed E-state index contributed by atoms with van der Waals surface area (Å²) in [5, 5.41) is 13.3. The van der Waals surface area contributed by atoms with Crippen LogP contribution in [0.2, 0.25) is 0 Å². The van der Waals surface area contributed by atoms with Crippen molar-refractivity contribution in [1.82, 2.24) is 5.32 Å². The van der Waals surface area contributed by atoms with Crippen molar-refractivity contribution in [2.75, 3.05) is 0 Å². The van der Waals surface area contributed by atoms with Crippen molar-refractivity contribution in [3.63, 3.8) is 0 Å². The molecule has 0 aliphatic heterocycles. The number of rotatable bonds is 5. The van der Waals surface area contributed by atoms with Crippen LogP contribution in [0.15, 0.2) is 24.4 Å². The molecule has 34 heavy (non-hydrogen) atoms. The molecular weight excluding hydrogens is 426 g/mol. The lowest BCUT2D eigenvalue weighted by atomic mass is 9.38. The van der Waals surface area contributed by atoms with E-state index in [4.69, 9.17) is 4.74 Å². The maximum Gasteiger partial charge on any atom is 0.411 e. The number of carbonyl (C=O) groups excluding carboxylic acids is 1. The summed E-state index contributed by atoms with van der Waals surface area (Å²) in [6, 6.07) is 0. The van der Waals surface area contributed by atoms with E-state index in [-0.39, 0.29) is 28.1 Å². The quantitative estimate of drug-likeness (QED) is 0.410. The van der Waals surface area contributed by atoms with Crippen molar-refractivity contribution >= 4 is 12.1 Å². The molecule has 0 aromatic heterocycles. The molecule has 3 aliphatic carbocycles. The molecule has 3 aliphatic rings. The second-order valence-corrected chi connectivity index (χ2v) is 13.7. The van der Waals surface area contributed by atoms with Crippen molar-refractivity contribution in [3.05, 3.63) is 24.4 Å². The Bertz CT molecular complexity index is 864. The molecule has 0 heterocycles. The standard InChI is InChI=1S/C29H47NO4/c1-10-14-26(5,6)21-12-11-20-22-19(18-30-24(33)34-25(2,3)4)13-15-29(22,23(31)32)17-16-28(20,9)27(21,7)8/h10,18,20-22H,1,11-17H2,2-9H3,(H,30,33)(H,31,32)/b19-18-. The number of carboxylic acid groups (broad SMARTS) is 1. The van der Waals surface area contributed by atoms with Gasteiger partial charge < -0.3 is 9.84 Å². The molecule has 0 spiro atoms. The number of alkyl carbamates (subject to hydrolysis) is 1. The van der Waals surface area contributed by atoms with Crippen molar-refractivity contribution in [2.24, 2.45) is 39.4 Å². The van der Waals surface area contributed by atoms with Crippen LogP contribution in [-0.4, -0.2) is 22.8 Å². The molecule has 5 atom stereocenters. The summed E-state index contributed by atoms with van der Waals surface area (Å²) in [7, 11) is 0. The first-order valence-corrected chi connectivity index (χ1v) is 13.0. The molecule has 0 saturated heterocycles. The van der Waals surface area contributed by atoms with Gasteiger partial charge >= 0.3 is 12.1 Å². The molecule has 2 N–H and O–H groups in total. The van der Waals surface area contributed by atoms with Gasteiger partial charge in [-0.05, 0) is 99.4 Å². The summed E-state index contributed by atoms with van der Waals surface area (Å²) < 4.78 is 5.42. The number of aliphatic carboxylic acids is 1. The van der Waals surface area contributed by atoms with Crippen LogP contribution in [0.25, 0.3) is 0 Å². The Balaban J connectivity index is 1.98. The Morgan fingerprint density at radius 2 is 1.76 bits per heavy atom. The number of ether oxygens (including phenoxy) is 1. The highest BCUT2D eigenvalue weighted by molar-refractivity contribution is 5.77. The molecule has 0 aromatic rings. The van der Waals surface area contributed by atoms with Gasteiger partial charge in [0.2, 0.25) is 0 Å². The summed E-state index contributed by atoms with van der Waals surface area (Å²) in [4.78, 5) is 25.1. The summed E-state index contributed by atoms with van der Waals surface area (Å²) in [6.07, 6.45) is 9.41. The number of amides is 1. The van der Waals surface area contributed by atoms with Crippen LogP contribution in [-0.2, 0) is 9.53 Å². The predicted octanol–water partition coefficient (Wildman–Crippen LogP) is 7.33. The highest BCUT2D eigenvalue weighted by atomic mass is 16.6. The monoisotopic (exact) mass is 473 g/mol. The number of nitrogens with one attached hydrogen (secondary N) is 1. The van der Waals surface area contributed by atoms with E-state index in [0.29, 0.717) is 25.2 Å². The average Bonchev–Trinajstić information content (AvgIpc) is 3.06. The molecule has 5 unspecified atom stereocenters. The third-order valence-corrected chi connectivity index (χ3v) is 10.1. The van der Waals surface area contributed by atoms with Crippen LogP contribution in [0.4, 0.5) is 4.79 Å². The zero-order valence-corrected chi connectivity index (χ0v) is 22.7. The fourth-order valence-electron chi connectivity index (χ4n) is 8.23. The largest absolute Gasteiger partial charge is 0.481 e. The summed E-state index contributed by atoms with van der Waals surface area (Å²) in [5.74, 6) is 0.0798. The average molecular weight is 474 g/mol. The molecule has 0 aromatic carbocycles. The van der Waals surface area contributed by atoms with Crippen LogP contribution < -0.4 is 5.32 Å². The Labute approximate surface area is 206 Å². The fraction of sp³-hybridized carbons (Fsp3) is 0.793. The number of allylic oxidation sites excluding steroid dienone is 2. The zero-order chi connectivity index (χ0) is 25.7. The number of carbonyl (C=O) groups is 2. The summed E-state index contributed by atoms with van der Waals surface area (Å²) in [5.41, 5.74) is -0.0122. The van der Waals surface area contributed by atoms with Gasteiger partial charge in [0.1, 0.15) is 5.60 Å². The molecule has 192 valence electrons. The maximum atomic E-state index is 12.7. The lowest BCUT2D eigenvalue weighted by Gasteiger charge is -2.65. The van der Waals surface area contributed by atoms with Crippen molar-refractivity contribution < 1.29 is 19.4 Å². The lowest BCUT2D eigenvalue weighted by Crippen LogP contribution is -2.60. The number of hydrogen-bond donors (Lipinski definition) is 2. The van der Waals surface area contributed by atoms with Crippen LogP contribution in [0.1, 0.15) is 100 Å². The van der Waals surface area contributed by atoms with Gasteiger partial charge in [-0.25, -0.2) is 4.79 Å². The van der Waals surface area contributed by atoms with Gasteiger partial charge in [-0.15, -0.1) is 6.58 Å². The van der Waals surface area contributed by atoms with Crippen molar-refractivity contribution in [3.8, 4) is 0 Å². The minimum atomic E-state index is -0.731. The highest BCUT2D eigenvalue weighted by Gasteiger charge is 2.67. The van der Waals surface area contributed by atoms with Crippen molar-refractivity contribution in [2.45, 2.75) is 106 Å². The van der Waals surface area contributed by atoms with E-state index in [2.05, 4.69) is 46.5 Å². The summed E-state index contributed by atoms with van der Waals surface area (Å²) in [6.45, 7) is 21.5. The topological polar surface area (TPSA) is 75.6 Å². The van der Waals surface area contributed by atoms with E-state index in [1.165, 1.54) is 0 Å². The summed E-state index contributed by atoms with van der Waals surface area (Å²) >= 11 is 0. The predicted molar refractivity (Wildman–Crippen MR) is 136 cm³/mol. The van der Waals surface area contributed by atoms with Crippen LogP contribution >= 0.6 is 0 Å². The Morgan fingerprint density at radius 1 is 1.12 bits per heavy atom. The second-order valence-electron chi connectivity index (χ2n) is 13.7. The van der Waals surface area contributed by atoms with Gasteiger partial charge in [0.25, 0.3) is 0 Å². The molecule has 0 bridgehead atoms. The van der Waals surface area contributed by atoms with Crippen molar-refractivity contribution in [1.29, 1.82) is 0 Å². The molecule has 0 radical (unpaired) electrons. The molecule has 5 heteroatoms. The van der Waals surface area contributed by atoms with Gasteiger partial charge in [-0.3, -0.25) is 10.1 Å². The minimum Gasteiger partial charge on any atom is -0.481 e. The number of hydrogen-bond acceptors (Lipinski definition) is 3. The lowest BCUT2D eigenvalue weighted by molar-refractivity contribution is -0.184. The first-order chi connectivity index (χ1) is 15.5. The van der Waals surface area contributed by atoms with Gasteiger partial charge in [-0.2, -0.15) is 0 Å². The van der Waals surface area contributed by atoms with Crippen LogP contribution in [0.5, 0.6) is 0 Å². The van der Waals surface area contributed by atoms with E-state index in [9.17, 15) is 14.7 Å². The van der Waals surface area contributed by atoms with E-state index in [1.54, 1.807) is 6.20 Å². The third-order valence-electron chi connectivity index (χ3n) is 10.1. The van der Waals surface area contributed by atoms with Gasteiger partial charge in [0.15, 0.2) is 0 Å². The first kappa shape index (κ1) is 26.8. The van der Waals surface area contributed by atoms with Gasteiger partial charge in [-0.1, -0.05) is 40.7 Å². The van der Waals surface area contributed by atoms with Gasteiger partial charge in [0, 0.05) is 12.1 Å². The number of carboxylic acids is 1. The fourth-order valence-corrected chi connectivity index (χ4v) is 8.23. The molecule has 3 fully saturated rings. The van der Waals surface area contributed by atoms with Crippen LogP contribution in [0.3, 0.4) is 0 Å². The molecular formula is C29H47NO4. The SMILES string of the molecule is C=CCC(C)(C)C1CCC2C3/C(=C\NC(=O)OC(C)(C)C)CCC3(C(=O)O)CCC2(C)C1(C)C.